The van der Waals surface area contributed by atoms with Crippen LogP contribution in [0.5, 0.6) is 0 Å². The maximum absolute atomic E-state index is 14.0. The fraction of sp³-hybridized carbons (Fsp3) is 0.333. The number of aryl methyl sites for hydroxylation is 1. The molecule has 0 aromatic heterocycles. The molecule has 0 saturated carbocycles. The van der Waals surface area contributed by atoms with Gasteiger partial charge in [-0.3, -0.25) is 13.9 Å². The molecular formula is C30H35F2N3O4S. The number of rotatable bonds is 12. The summed E-state index contributed by atoms with van der Waals surface area (Å²) < 4.78 is 53.8. The van der Waals surface area contributed by atoms with Crippen molar-refractivity contribution in [1.82, 2.24) is 10.2 Å². The second kappa shape index (κ2) is 13.5. The third-order valence-corrected chi connectivity index (χ3v) is 7.76. The number of hydrogen-bond acceptors (Lipinski definition) is 4. The molecule has 0 heterocycles. The van der Waals surface area contributed by atoms with Gasteiger partial charge in [0.2, 0.25) is 21.8 Å². The molecule has 7 nitrogen and oxygen atoms in total. The van der Waals surface area contributed by atoms with Crippen molar-refractivity contribution in [2.45, 2.75) is 52.2 Å². The van der Waals surface area contributed by atoms with E-state index in [2.05, 4.69) is 5.32 Å². The van der Waals surface area contributed by atoms with Crippen LogP contribution in [0.3, 0.4) is 0 Å². The van der Waals surface area contributed by atoms with Crippen LogP contribution >= 0.6 is 0 Å². The average Bonchev–Trinajstić information content (AvgIpc) is 2.91. The van der Waals surface area contributed by atoms with Gasteiger partial charge in [0.25, 0.3) is 0 Å². The largest absolute Gasteiger partial charge is 0.352 e. The maximum Gasteiger partial charge on any atom is 0.244 e. The SMILES string of the molecule is CC[C@@H](C)NC(=O)[C@@H](Cc1ccccc1)N(Cc1ccc(C)cc1)C(=O)CN(c1ccc(F)c(F)c1)S(C)(=O)=O. The topological polar surface area (TPSA) is 86.8 Å². The monoisotopic (exact) mass is 571 g/mol. The van der Waals surface area contributed by atoms with Crippen molar-refractivity contribution in [2.75, 3.05) is 17.1 Å². The lowest BCUT2D eigenvalue weighted by atomic mass is 10.0. The van der Waals surface area contributed by atoms with Crippen LogP contribution in [-0.2, 0) is 32.6 Å². The predicted octanol–water partition coefficient (Wildman–Crippen LogP) is 4.59. The molecule has 10 heteroatoms. The minimum atomic E-state index is -4.09. The fourth-order valence-corrected chi connectivity index (χ4v) is 4.98. The van der Waals surface area contributed by atoms with Crippen LogP contribution in [0.4, 0.5) is 14.5 Å². The number of hydrogen-bond donors (Lipinski definition) is 1. The highest BCUT2D eigenvalue weighted by Gasteiger charge is 2.33. The molecular weight excluding hydrogens is 536 g/mol. The lowest BCUT2D eigenvalue weighted by Gasteiger charge is -2.34. The number of amides is 2. The first-order valence-electron chi connectivity index (χ1n) is 13.0. The van der Waals surface area contributed by atoms with Crippen LogP contribution in [0.15, 0.2) is 72.8 Å². The van der Waals surface area contributed by atoms with Crippen LogP contribution in [0, 0.1) is 18.6 Å². The van der Waals surface area contributed by atoms with Crippen molar-refractivity contribution in [3.05, 3.63) is 101 Å². The molecule has 0 unspecified atom stereocenters. The Labute approximate surface area is 234 Å². The van der Waals surface area contributed by atoms with E-state index in [4.69, 9.17) is 0 Å². The molecule has 0 aliphatic heterocycles. The second-order valence-corrected chi connectivity index (χ2v) is 11.8. The molecule has 0 radical (unpaired) electrons. The molecule has 214 valence electrons. The van der Waals surface area contributed by atoms with Crippen molar-refractivity contribution in [3.63, 3.8) is 0 Å². The molecule has 0 fully saturated rings. The molecule has 0 aliphatic rings. The van der Waals surface area contributed by atoms with Crippen LogP contribution in [-0.4, -0.2) is 50.0 Å². The molecule has 1 N–H and O–H groups in total. The zero-order valence-corrected chi connectivity index (χ0v) is 23.9. The summed E-state index contributed by atoms with van der Waals surface area (Å²) in [6.45, 7) is 5.03. The van der Waals surface area contributed by atoms with Gasteiger partial charge in [-0.1, -0.05) is 67.1 Å². The molecule has 3 rings (SSSR count). The van der Waals surface area contributed by atoms with E-state index >= 15 is 0 Å². The van der Waals surface area contributed by atoms with Crippen molar-refractivity contribution >= 4 is 27.5 Å². The lowest BCUT2D eigenvalue weighted by molar-refractivity contribution is -0.140. The molecule has 0 spiro atoms. The Bertz CT molecular complexity index is 1420. The van der Waals surface area contributed by atoms with Gasteiger partial charge in [-0.15, -0.1) is 0 Å². The molecule has 2 amide bonds. The van der Waals surface area contributed by atoms with Crippen LogP contribution < -0.4 is 9.62 Å². The highest BCUT2D eigenvalue weighted by atomic mass is 32.2. The van der Waals surface area contributed by atoms with Crippen molar-refractivity contribution < 1.29 is 26.8 Å². The van der Waals surface area contributed by atoms with Crippen LogP contribution in [0.25, 0.3) is 0 Å². The van der Waals surface area contributed by atoms with Gasteiger partial charge in [0, 0.05) is 25.1 Å². The van der Waals surface area contributed by atoms with Crippen molar-refractivity contribution in [1.29, 1.82) is 0 Å². The number of carbonyl (C=O) groups is 2. The van der Waals surface area contributed by atoms with E-state index in [1.807, 2.05) is 75.4 Å². The second-order valence-electron chi connectivity index (χ2n) is 9.90. The number of anilines is 1. The Kier molecular flexibility index (Phi) is 10.4. The molecule has 40 heavy (non-hydrogen) atoms. The van der Waals surface area contributed by atoms with E-state index in [-0.39, 0.29) is 30.6 Å². The van der Waals surface area contributed by atoms with Crippen molar-refractivity contribution in [3.8, 4) is 0 Å². The molecule has 2 atom stereocenters. The summed E-state index contributed by atoms with van der Waals surface area (Å²) >= 11 is 0. The van der Waals surface area contributed by atoms with E-state index in [0.717, 1.165) is 41.1 Å². The van der Waals surface area contributed by atoms with E-state index in [1.165, 1.54) is 4.90 Å². The van der Waals surface area contributed by atoms with Gasteiger partial charge in [-0.2, -0.15) is 0 Å². The summed E-state index contributed by atoms with van der Waals surface area (Å²) in [5.74, 6) is -3.44. The van der Waals surface area contributed by atoms with Gasteiger partial charge in [0.1, 0.15) is 12.6 Å². The number of sulfonamides is 1. The van der Waals surface area contributed by atoms with Gasteiger partial charge < -0.3 is 10.2 Å². The summed E-state index contributed by atoms with van der Waals surface area (Å²) in [5.41, 5.74) is 2.37. The minimum Gasteiger partial charge on any atom is -0.352 e. The summed E-state index contributed by atoms with van der Waals surface area (Å²) in [6, 6.07) is 18.1. The molecule has 0 saturated heterocycles. The Hall–Kier alpha value is -3.79. The van der Waals surface area contributed by atoms with Gasteiger partial charge in [0.15, 0.2) is 11.6 Å². The zero-order valence-electron chi connectivity index (χ0n) is 23.1. The van der Waals surface area contributed by atoms with Crippen LogP contribution in [0.1, 0.15) is 37.0 Å². The summed E-state index contributed by atoms with van der Waals surface area (Å²) in [4.78, 5) is 28.9. The van der Waals surface area contributed by atoms with Gasteiger partial charge in [0.05, 0.1) is 11.9 Å². The minimum absolute atomic E-state index is 0.0277. The quantitative estimate of drug-likeness (QED) is 0.345. The fourth-order valence-electron chi connectivity index (χ4n) is 4.14. The standard InChI is InChI=1S/C30H35F2N3O4S/c1-5-22(3)33-30(37)28(17-23-9-7-6-8-10-23)34(19-24-13-11-21(2)12-14-24)29(36)20-35(40(4,38)39)25-15-16-26(31)27(32)18-25/h6-16,18,22,28H,5,17,19-20H2,1-4H3,(H,33,37)/t22-,28-/m1/s1. The Morgan fingerprint density at radius 1 is 0.925 bits per heavy atom. The predicted molar refractivity (Wildman–Crippen MR) is 152 cm³/mol. The molecule has 3 aromatic carbocycles. The van der Waals surface area contributed by atoms with E-state index < -0.39 is 40.2 Å². The van der Waals surface area contributed by atoms with Gasteiger partial charge in [-0.05, 0) is 43.5 Å². The Morgan fingerprint density at radius 2 is 1.57 bits per heavy atom. The van der Waals surface area contributed by atoms with Gasteiger partial charge >= 0.3 is 0 Å². The summed E-state index contributed by atoms with van der Waals surface area (Å²) in [6.07, 6.45) is 1.74. The highest BCUT2D eigenvalue weighted by Crippen LogP contribution is 2.22. The molecule has 0 bridgehead atoms. The first-order valence-corrected chi connectivity index (χ1v) is 14.9. The molecule has 3 aromatic rings. The average molecular weight is 572 g/mol. The highest BCUT2D eigenvalue weighted by molar-refractivity contribution is 7.92. The number of nitrogens with one attached hydrogen (secondary N) is 1. The number of halogens is 2. The van der Waals surface area contributed by atoms with E-state index in [9.17, 15) is 26.8 Å². The van der Waals surface area contributed by atoms with Gasteiger partial charge in [-0.25, -0.2) is 17.2 Å². The smallest absolute Gasteiger partial charge is 0.244 e. The Morgan fingerprint density at radius 3 is 2.15 bits per heavy atom. The number of benzene rings is 3. The third-order valence-electron chi connectivity index (χ3n) is 6.62. The number of carbonyl (C=O) groups excluding carboxylic acids is 2. The number of nitrogens with zero attached hydrogens (tertiary/aromatic N) is 2. The van der Waals surface area contributed by atoms with E-state index in [0.29, 0.717) is 10.7 Å². The first kappa shape index (κ1) is 30.7. The summed E-state index contributed by atoms with van der Waals surface area (Å²) in [5, 5.41) is 2.95. The van der Waals surface area contributed by atoms with Crippen LogP contribution in [0.2, 0.25) is 0 Å². The lowest BCUT2D eigenvalue weighted by Crippen LogP contribution is -2.54. The maximum atomic E-state index is 14.0. The third kappa shape index (κ3) is 8.35. The van der Waals surface area contributed by atoms with Crippen molar-refractivity contribution in [2.24, 2.45) is 0 Å². The summed E-state index contributed by atoms with van der Waals surface area (Å²) in [7, 11) is -4.09. The Balaban J connectivity index is 2.06. The first-order chi connectivity index (χ1) is 18.9. The zero-order chi connectivity index (χ0) is 29.4. The van der Waals surface area contributed by atoms with E-state index in [1.54, 1.807) is 0 Å². The molecule has 0 aliphatic carbocycles. The normalized spacial score (nSPS) is 12.8.